The summed E-state index contributed by atoms with van der Waals surface area (Å²) in [5, 5.41) is 1.37. The maximum absolute atomic E-state index is 4.77. The molecule has 0 radical (unpaired) electrons. The molecular weight excluding hydrogens is 186 g/mol. The van der Waals surface area contributed by atoms with Crippen molar-refractivity contribution in [3.63, 3.8) is 0 Å². The molecule has 1 nitrogen and oxygen atoms in total. The van der Waals surface area contributed by atoms with Gasteiger partial charge in [-0.2, -0.15) is 0 Å². The smallest absolute Gasteiger partial charge is 0.102 e. The van der Waals surface area contributed by atoms with Gasteiger partial charge in [-0.25, -0.2) is 0 Å². The van der Waals surface area contributed by atoms with Crippen molar-refractivity contribution in [2.75, 3.05) is 0 Å². The summed E-state index contributed by atoms with van der Waals surface area (Å²) in [4.78, 5) is 4.77. The van der Waals surface area contributed by atoms with Gasteiger partial charge in [-0.3, -0.25) is 4.98 Å². The molecule has 1 aromatic heterocycles. The standard InChI is InChI=1S/C12H21NSi/c1-8-9(2)11(4)13-12(10(8)3)14(5,6)7/h1-7H3. The average molecular weight is 207 g/mol. The Labute approximate surface area is 88.6 Å². The fourth-order valence-corrected chi connectivity index (χ4v) is 3.61. The quantitative estimate of drug-likeness (QED) is 0.645. The number of nitrogens with zero attached hydrogens (tertiary/aromatic N) is 1. The molecule has 0 saturated heterocycles. The minimum atomic E-state index is -1.27. The van der Waals surface area contributed by atoms with E-state index < -0.39 is 8.07 Å². The second-order valence-electron chi connectivity index (χ2n) is 5.17. The number of hydrogen-bond donors (Lipinski definition) is 0. The van der Waals surface area contributed by atoms with Gasteiger partial charge in [0.15, 0.2) is 0 Å². The Morgan fingerprint density at radius 3 is 1.71 bits per heavy atom. The van der Waals surface area contributed by atoms with Gasteiger partial charge < -0.3 is 0 Å². The maximum atomic E-state index is 4.77. The number of aromatic nitrogens is 1. The average Bonchev–Trinajstić information content (AvgIpc) is 2.06. The van der Waals surface area contributed by atoms with E-state index in [4.69, 9.17) is 4.98 Å². The summed E-state index contributed by atoms with van der Waals surface area (Å²) >= 11 is 0. The second-order valence-corrected chi connectivity index (χ2v) is 10.1. The molecule has 78 valence electrons. The largest absolute Gasteiger partial charge is 0.262 e. The molecule has 1 aromatic rings. The lowest BCUT2D eigenvalue weighted by Crippen LogP contribution is -2.43. The van der Waals surface area contributed by atoms with Crippen LogP contribution in [0.25, 0.3) is 0 Å². The number of hydrogen-bond acceptors (Lipinski definition) is 1. The molecule has 1 heterocycles. The van der Waals surface area contributed by atoms with E-state index in [1.54, 1.807) is 0 Å². The predicted molar refractivity (Wildman–Crippen MR) is 66.2 cm³/mol. The third-order valence-corrected chi connectivity index (χ3v) is 4.92. The van der Waals surface area contributed by atoms with Crippen LogP contribution in [-0.2, 0) is 0 Å². The third-order valence-electron chi connectivity index (χ3n) is 3.01. The van der Waals surface area contributed by atoms with Crippen molar-refractivity contribution in [3.8, 4) is 0 Å². The molecule has 0 aliphatic rings. The highest BCUT2D eigenvalue weighted by Gasteiger charge is 2.22. The van der Waals surface area contributed by atoms with Crippen LogP contribution in [0.3, 0.4) is 0 Å². The van der Waals surface area contributed by atoms with Gasteiger partial charge in [-0.05, 0) is 44.4 Å². The summed E-state index contributed by atoms with van der Waals surface area (Å²) in [5.74, 6) is 0. The van der Waals surface area contributed by atoms with Crippen LogP contribution in [0.5, 0.6) is 0 Å². The molecule has 0 amide bonds. The first-order valence-corrected chi connectivity index (χ1v) is 8.70. The summed E-state index contributed by atoms with van der Waals surface area (Å²) in [6, 6.07) is 0. The zero-order valence-corrected chi connectivity index (χ0v) is 11.4. The number of aryl methyl sites for hydroxylation is 1. The van der Waals surface area contributed by atoms with E-state index in [2.05, 4.69) is 47.3 Å². The van der Waals surface area contributed by atoms with Crippen molar-refractivity contribution in [3.05, 3.63) is 22.4 Å². The Balaban J connectivity index is 3.49. The van der Waals surface area contributed by atoms with Gasteiger partial charge in [-0.15, -0.1) is 0 Å². The van der Waals surface area contributed by atoms with E-state index in [-0.39, 0.29) is 0 Å². The van der Waals surface area contributed by atoms with E-state index in [1.165, 1.54) is 27.7 Å². The summed E-state index contributed by atoms with van der Waals surface area (Å²) in [5.41, 5.74) is 5.39. The van der Waals surface area contributed by atoms with Gasteiger partial charge in [0.2, 0.25) is 0 Å². The monoisotopic (exact) mass is 207 g/mol. The van der Waals surface area contributed by atoms with E-state index in [0.717, 1.165) is 0 Å². The Morgan fingerprint density at radius 1 is 0.786 bits per heavy atom. The number of rotatable bonds is 1. The lowest BCUT2D eigenvalue weighted by atomic mass is 10.1. The van der Waals surface area contributed by atoms with Gasteiger partial charge in [0.05, 0.1) is 0 Å². The van der Waals surface area contributed by atoms with E-state index in [9.17, 15) is 0 Å². The Hall–Kier alpha value is -0.633. The summed E-state index contributed by atoms with van der Waals surface area (Å²) < 4.78 is 0. The van der Waals surface area contributed by atoms with Crippen LogP contribution in [0.15, 0.2) is 0 Å². The van der Waals surface area contributed by atoms with Crippen molar-refractivity contribution in [1.82, 2.24) is 4.98 Å². The first-order valence-electron chi connectivity index (χ1n) is 5.20. The molecule has 0 saturated carbocycles. The number of pyridine rings is 1. The van der Waals surface area contributed by atoms with Crippen molar-refractivity contribution in [1.29, 1.82) is 0 Å². The molecule has 0 bridgehead atoms. The zero-order valence-electron chi connectivity index (χ0n) is 10.4. The van der Waals surface area contributed by atoms with Gasteiger partial charge >= 0.3 is 0 Å². The molecule has 1 rings (SSSR count). The Morgan fingerprint density at radius 2 is 1.29 bits per heavy atom. The minimum Gasteiger partial charge on any atom is -0.262 e. The molecule has 0 atom stereocenters. The van der Waals surface area contributed by atoms with Crippen LogP contribution >= 0.6 is 0 Å². The van der Waals surface area contributed by atoms with Crippen molar-refractivity contribution in [2.24, 2.45) is 0 Å². The van der Waals surface area contributed by atoms with Crippen LogP contribution in [0.2, 0.25) is 19.6 Å². The first-order chi connectivity index (χ1) is 6.25. The van der Waals surface area contributed by atoms with Crippen LogP contribution < -0.4 is 5.32 Å². The molecular formula is C12H21NSi. The minimum absolute atomic E-state index is 1.20. The van der Waals surface area contributed by atoms with E-state index >= 15 is 0 Å². The summed E-state index contributed by atoms with van der Waals surface area (Å²) in [7, 11) is -1.27. The zero-order chi connectivity index (χ0) is 11.1. The van der Waals surface area contributed by atoms with Crippen LogP contribution in [0.4, 0.5) is 0 Å². The highest BCUT2D eigenvalue weighted by molar-refractivity contribution is 6.88. The summed E-state index contributed by atoms with van der Waals surface area (Å²) in [6.07, 6.45) is 0. The predicted octanol–water partition coefficient (Wildman–Crippen LogP) is 2.86. The normalized spacial score (nSPS) is 11.9. The van der Waals surface area contributed by atoms with Crippen molar-refractivity contribution in [2.45, 2.75) is 47.3 Å². The fourth-order valence-electron chi connectivity index (χ4n) is 1.80. The molecule has 0 N–H and O–H groups in total. The highest BCUT2D eigenvalue weighted by Crippen LogP contribution is 2.15. The molecule has 0 spiro atoms. The molecule has 0 aliphatic carbocycles. The fraction of sp³-hybridized carbons (Fsp3) is 0.583. The highest BCUT2D eigenvalue weighted by atomic mass is 28.3. The SMILES string of the molecule is Cc1nc([Si](C)(C)C)c(C)c(C)c1C. The Kier molecular flexibility index (Phi) is 2.86. The molecule has 0 aromatic carbocycles. The molecule has 0 aliphatic heterocycles. The summed E-state index contributed by atoms with van der Waals surface area (Å²) in [6.45, 7) is 15.8. The maximum Gasteiger partial charge on any atom is 0.102 e. The molecule has 14 heavy (non-hydrogen) atoms. The van der Waals surface area contributed by atoms with Crippen LogP contribution in [0.1, 0.15) is 22.4 Å². The molecule has 0 unspecified atom stereocenters. The van der Waals surface area contributed by atoms with Crippen molar-refractivity contribution >= 4 is 13.4 Å². The van der Waals surface area contributed by atoms with Gasteiger partial charge in [0, 0.05) is 11.0 Å². The lowest BCUT2D eigenvalue weighted by molar-refractivity contribution is 1.11. The molecule has 2 heteroatoms. The third kappa shape index (κ3) is 1.90. The first kappa shape index (κ1) is 11.4. The van der Waals surface area contributed by atoms with E-state index in [0.29, 0.717) is 0 Å². The van der Waals surface area contributed by atoms with Crippen LogP contribution in [0, 0.1) is 27.7 Å². The Bertz CT molecular complexity index is 362. The topological polar surface area (TPSA) is 12.9 Å². The van der Waals surface area contributed by atoms with Gasteiger partial charge in [-0.1, -0.05) is 19.6 Å². The van der Waals surface area contributed by atoms with Gasteiger partial charge in [0.1, 0.15) is 8.07 Å². The van der Waals surface area contributed by atoms with E-state index in [1.807, 2.05) is 0 Å². The van der Waals surface area contributed by atoms with Gasteiger partial charge in [0.25, 0.3) is 0 Å². The lowest BCUT2D eigenvalue weighted by Gasteiger charge is -2.21. The second kappa shape index (κ2) is 3.50. The molecule has 0 fully saturated rings. The van der Waals surface area contributed by atoms with Crippen molar-refractivity contribution < 1.29 is 0 Å². The van der Waals surface area contributed by atoms with Crippen LogP contribution in [-0.4, -0.2) is 13.1 Å².